The number of nitrogens with one attached hydrogen (secondary N) is 1. The molecule has 0 heterocycles. The van der Waals surface area contributed by atoms with E-state index in [2.05, 4.69) is 26.1 Å². The Kier molecular flexibility index (Phi) is 6.93. The van der Waals surface area contributed by atoms with E-state index in [1.54, 1.807) is 19.1 Å². The van der Waals surface area contributed by atoms with Gasteiger partial charge in [0.05, 0.1) is 29.2 Å². The van der Waals surface area contributed by atoms with Gasteiger partial charge in [-0.1, -0.05) is 39.8 Å². The van der Waals surface area contributed by atoms with Gasteiger partial charge in [-0.3, -0.25) is 24.1 Å². The maximum atomic E-state index is 13.9. The van der Waals surface area contributed by atoms with Gasteiger partial charge in [-0.2, -0.15) is 0 Å². The third kappa shape index (κ3) is 4.20. The Morgan fingerprint density at radius 2 is 1.79 bits per heavy atom. The molecule has 3 aliphatic carbocycles. The smallest absolute Gasteiger partial charge is 0.252 e. The largest absolute Gasteiger partial charge is 0.507 e. The average Bonchev–Trinajstić information content (AvgIpc) is 2.80. The van der Waals surface area contributed by atoms with Crippen LogP contribution in [0.15, 0.2) is 23.8 Å². The second-order valence-electron chi connectivity index (χ2n) is 12.3. The Bertz CT molecular complexity index is 1250. The molecule has 1 amide bonds. The molecule has 1 fully saturated rings. The number of likely N-dealkylation sites (N-methyl/N-ethyl adjacent to an activating group) is 1. The third-order valence-electron chi connectivity index (χ3n) is 8.25. The Labute approximate surface area is 221 Å². The molecule has 6 N–H and O–H groups in total. The van der Waals surface area contributed by atoms with Crippen LogP contribution in [0, 0.1) is 23.2 Å². The summed E-state index contributed by atoms with van der Waals surface area (Å²) in [6, 6.07) is 2.22. The van der Waals surface area contributed by atoms with Crippen LogP contribution in [0.25, 0.3) is 0 Å². The summed E-state index contributed by atoms with van der Waals surface area (Å²) in [5.74, 6) is -8.01. The predicted molar refractivity (Wildman–Crippen MR) is 138 cm³/mol. The molecule has 4 rings (SSSR count). The number of nitrogens with zero attached hydrogens (tertiary/aromatic N) is 1. The molecule has 10 nitrogen and oxygen atoms in total. The van der Waals surface area contributed by atoms with Crippen molar-refractivity contribution in [3.05, 3.63) is 40.5 Å². The molecule has 0 aliphatic heterocycles. The molecule has 0 spiro atoms. The molecule has 0 aromatic heterocycles. The number of primary amides is 1. The molecule has 3 aliphatic rings. The van der Waals surface area contributed by atoms with E-state index in [0.29, 0.717) is 24.2 Å². The van der Waals surface area contributed by atoms with E-state index in [9.17, 15) is 34.5 Å². The van der Waals surface area contributed by atoms with E-state index in [1.807, 2.05) is 0 Å². The van der Waals surface area contributed by atoms with Crippen LogP contribution in [0.3, 0.4) is 0 Å². The van der Waals surface area contributed by atoms with Gasteiger partial charge < -0.3 is 26.4 Å². The number of benzene rings is 1. The molecular weight excluding hydrogens is 490 g/mol. The number of rotatable bonds is 5. The van der Waals surface area contributed by atoms with Gasteiger partial charge in [0.2, 0.25) is 0 Å². The number of aliphatic hydroxyl groups is 2. The summed E-state index contributed by atoms with van der Waals surface area (Å²) < 4.78 is 0. The number of amides is 1. The summed E-state index contributed by atoms with van der Waals surface area (Å²) in [4.78, 5) is 54.4. The molecule has 0 saturated heterocycles. The highest BCUT2D eigenvalue weighted by atomic mass is 16.3. The number of aliphatic hydroxyl groups excluding tert-OH is 1. The van der Waals surface area contributed by atoms with Crippen molar-refractivity contribution in [2.75, 3.05) is 20.6 Å². The number of hydrogen-bond acceptors (Lipinski definition) is 9. The first-order valence-electron chi connectivity index (χ1n) is 12.8. The predicted octanol–water partition coefficient (Wildman–Crippen LogP) is 0.276. The van der Waals surface area contributed by atoms with Gasteiger partial charge in [0.1, 0.15) is 11.4 Å². The highest BCUT2D eigenvalue weighted by Crippen LogP contribution is 2.54. The first kappa shape index (κ1) is 28.1. The quantitative estimate of drug-likeness (QED) is 0.266. The lowest BCUT2D eigenvalue weighted by Crippen LogP contribution is -2.71. The highest BCUT2D eigenvalue weighted by molar-refractivity contribution is 6.24. The number of phenols is 1. The molecule has 206 valence electrons. The number of carbonyl (C=O) groups is 4. The lowest BCUT2D eigenvalue weighted by Gasteiger charge is -2.54. The number of fused-ring (bicyclic) bond motifs is 3. The fraction of sp³-hybridized carbons (Fsp3) is 0.571. The van der Waals surface area contributed by atoms with Gasteiger partial charge in [-0.25, -0.2) is 0 Å². The fourth-order valence-electron chi connectivity index (χ4n) is 6.49. The van der Waals surface area contributed by atoms with E-state index in [4.69, 9.17) is 5.73 Å². The van der Waals surface area contributed by atoms with Crippen molar-refractivity contribution < 1.29 is 34.5 Å². The Morgan fingerprint density at radius 1 is 1.16 bits per heavy atom. The Hall–Kier alpha value is -2.92. The number of hydrogen-bond donors (Lipinski definition) is 5. The van der Waals surface area contributed by atoms with Gasteiger partial charge in [0, 0.05) is 30.5 Å². The van der Waals surface area contributed by atoms with E-state index in [0.717, 1.165) is 6.08 Å². The van der Waals surface area contributed by atoms with Crippen molar-refractivity contribution in [2.45, 2.75) is 57.9 Å². The van der Waals surface area contributed by atoms with Crippen LogP contribution in [0.4, 0.5) is 0 Å². The van der Waals surface area contributed by atoms with Crippen molar-refractivity contribution >= 4 is 23.3 Å². The summed E-state index contributed by atoms with van der Waals surface area (Å²) in [7, 11) is 3.07. The molecule has 1 unspecified atom stereocenters. The minimum atomic E-state index is -2.48. The van der Waals surface area contributed by atoms with E-state index in [1.165, 1.54) is 19.0 Å². The summed E-state index contributed by atoms with van der Waals surface area (Å²) in [6.07, 6.45) is -0.642. The maximum absolute atomic E-state index is 13.9. The minimum Gasteiger partial charge on any atom is -0.507 e. The molecular formula is C28H37N3O7. The number of phenolic OH excluding ortho intramolecular Hbond substituents is 1. The molecule has 1 aromatic carbocycles. The number of Topliss-reactive ketones (excluding diaryl/α,β-unsaturated/α-hetero) is 3. The lowest BCUT2D eigenvalue weighted by molar-refractivity contribution is -0.175. The zero-order valence-corrected chi connectivity index (χ0v) is 22.6. The number of ketones is 3. The minimum absolute atomic E-state index is 0.00109. The monoisotopic (exact) mass is 527 g/mol. The zero-order chi connectivity index (χ0) is 28.5. The van der Waals surface area contributed by atoms with Crippen LogP contribution in [-0.2, 0) is 20.9 Å². The van der Waals surface area contributed by atoms with Crippen LogP contribution >= 0.6 is 0 Å². The molecule has 7 atom stereocenters. The second-order valence-corrected chi connectivity index (χ2v) is 12.3. The summed E-state index contributed by atoms with van der Waals surface area (Å²) >= 11 is 0. The van der Waals surface area contributed by atoms with Gasteiger partial charge >= 0.3 is 0 Å². The van der Waals surface area contributed by atoms with Crippen molar-refractivity contribution in [3.8, 4) is 5.75 Å². The molecule has 0 bridgehead atoms. The van der Waals surface area contributed by atoms with Crippen LogP contribution in [0.2, 0.25) is 0 Å². The number of aromatic hydroxyl groups is 1. The van der Waals surface area contributed by atoms with Crippen molar-refractivity contribution in [2.24, 2.45) is 28.9 Å². The van der Waals surface area contributed by atoms with Crippen LogP contribution in [-0.4, -0.2) is 81.9 Å². The normalized spacial score (nSPS) is 33.0. The van der Waals surface area contributed by atoms with Crippen molar-refractivity contribution in [1.82, 2.24) is 10.2 Å². The number of nitrogens with two attached hydrogens (primary N) is 1. The second kappa shape index (κ2) is 9.37. The Morgan fingerprint density at radius 3 is 2.34 bits per heavy atom. The molecule has 10 heteroatoms. The van der Waals surface area contributed by atoms with Crippen LogP contribution < -0.4 is 11.1 Å². The van der Waals surface area contributed by atoms with E-state index in [-0.39, 0.29) is 16.7 Å². The first-order valence-corrected chi connectivity index (χ1v) is 12.8. The third-order valence-corrected chi connectivity index (χ3v) is 8.25. The van der Waals surface area contributed by atoms with E-state index >= 15 is 0 Å². The van der Waals surface area contributed by atoms with Gasteiger partial charge in [0.25, 0.3) is 5.91 Å². The lowest BCUT2D eigenvalue weighted by atomic mass is 9.51. The molecule has 0 radical (unpaired) electrons. The van der Waals surface area contributed by atoms with Crippen LogP contribution in [0.5, 0.6) is 5.75 Å². The summed E-state index contributed by atoms with van der Waals surface area (Å²) in [6.45, 7) is 8.90. The van der Waals surface area contributed by atoms with Gasteiger partial charge in [-0.05, 0) is 37.1 Å². The topological polar surface area (TPSA) is 170 Å². The van der Waals surface area contributed by atoms with Crippen molar-refractivity contribution in [3.63, 3.8) is 0 Å². The van der Waals surface area contributed by atoms with Gasteiger partial charge in [0.15, 0.2) is 17.3 Å². The highest BCUT2D eigenvalue weighted by Gasteiger charge is 2.67. The molecule has 1 saturated carbocycles. The summed E-state index contributed by atoms with van der Waals surface area (Å²) in [5.41, 5.74) is 3.33. The summed E-state index contributed by atoms with van der Waals surface area (Å²) in [5, 5.41) is 37.7. The first-order chi connectivity index (χ1) is 17.5. The van der Waals surface area contributed by atoms with Crippen LogP contribution in [0.1, 0.15) is 55.1 Å². The molecule has 38 heavy (non-hydrogen) atoms. The zero-order valence-electron chi connectivity index (χ0n) is 22.6. The van der Waals surface area contributed by atoms with Crippen molar-refractivity contribution in [1.29, 1.82) is 0 Å². The average molecular weight is 528 g/mol. The maximum Gasteiger partial charge on any atom is 0.252 e. The Balaban J connectivity index is 1.82. The van der Waals surface area contributed by atoms with Gasteiger partial charge in [-0.15, -0.1) is 0 Å². The molecule has 1 aromatic rings. The standard InChI is InChI=1S/C28H37N3O7/c1-12-14-8-7-13(10-30-11-27(2,3)4)21(32)17(14)23(34)18-16(12)24(35)19-20(31(5)6)22(33)15(26(29)37)9-28(19,38)25(18)36/h7-9,12,16,18-20,24,30,32,35,38H,10-11H2,1-6H3,(H2,29,37)/t12-,16+,18?,19+,20-,24-,28-/m0/s1. The SMILES string of the molecule is C[C@H]1c2ccc(CNCC(C)(C)C)c(O)c2C(=O)C2C(=O)[C@]3(O)C=C(C(N)=O)C(=O)[C@@H](N(C)C)[C@@H]3[C@@H](O)[C@@H]21. The van der Waals surface area contributed by atoms with E-state index < -0.39 is 70.2 Å². The fourth-order valence-corrected chi connectivity index (χ4v) is 6.49. The number of carbonyl (C=O) groups excluding carboxylic acids is 4.